The summed E-state index contributed by atoms with van der Waals surface area (Å²) in [5.74, 6) is -6.45. The van der Waals surface area contributed by atoms with E-state index in [1.807, 2.05) is 0 Å². The summed E-state index contributed by atoms with van der Waals surface area (Å²) in [5, 5.41) is 14.0. The van der Waals surface area contributed by atoms with Crippen molar-refractivity contribution in [1.29, 1.82) is 0 Å². The number of ether oxygens (including phenoxy) is 2. The van der Waals surface area contributed by atoms with Crippen LogP contribution < -0.4 is 16.4 Å². The number of likely N-dealkylation sites (tertiary alicyclic amines) is 1. The predicted molar refractivity (Wildman–Crippen MR) is 146 cm³/mol. The van der Waals surface area contributed by atoms with Gasteiger partial charge in [0.25, 0.3) is 11.8 Å². The summed E-state index contributed by atoms with van der Waals surface area (Å²) < 4.78 is 37.5. The molecule has 3 fully saturated rings. The lowest BCUT2D eigenvalue weighted by molar-refractivity contribution is -0.166. The number of rotatable bonds is 8. The second-order valence-electron chi connectivity index (χ2n) is 10.7. The number of amides is 3. The van der Waals surface area contributed by atoms with Crippen molar-refractivity contribution >= 4 is 46.9 Å². The van der Waals surface area contributed by atoms with E-state index < -0.39 is 55.0 Å². The van der Waals surface area contributed by atoms with Crippen LogP contribution in [0.15, 0.2) is 18.2 Å². The van der Waals surface area contributed by atoms with Gasteiger partial charge < -0.3 is 35.8 Å². The van der Waals surface area contributed by atoms with E-state index in [4.69, 9.17) is 31.9 Å². The quantitative estimate of drug-likeness (QED) is 0.320. The number of nitrogens with zero attached hydrogens (tertiary/aromatic N) is 1. The van der Waals surface area contributed by atoms with Gasteiger partial charge in [-0.3, -0.25) is 19.2 Å². The first-order valence-corrected chi connectivity index (χ1v) is 13.9. The minimum atomic E-state index is -3.31. The number of carboxylic acids is 1. The lowest BCUT2D eigenvalue weighted by Gasteiger charge is -2.25. The standard InChI is InChI=1S/C17H18ClF2N3O5.C10H17NO3/c1-8(15(26)23-7-17(19,20)6-13(23)16(27)28)21-14(25)10-3-4-12(11(18)5-10)22-9(2)24;11-8-5-9(12)14-10(8)13-6-7-3-1-2-4-7/h3-5,8,13H,6-7H2,1-2H3,(H,21,25)(H,22,24)(H,27,28);7-8,10H,1-6,11H2. The smallest absolute Gasteiger partial charge is 0.326 e. The van der Waals surface area contributed by atoms with E-state index >= 15 is 0 Å². The van der Waals surface area contributed by atoms with Gasteiger partial charge in [0.05, 0.1) is 36.3 Å². The van der Waals surface area contributed by atoms with Crippen molar-refractivity contribution < 1.29 is 47.3 Å². The SMILES string of the molecule is CC(=O)Nc1ccc(C(=O)NC(C)C(=O)N2CC(F)(F)CC2C(=O)O)cc1Cl.NC1CC(=O)OC1OCC1CCCC1. The van der Waals surface area contributed by atoms with E-state index in [9.17, 15) is 32.8 Å². The average Bonchev–Trinajstić information content (AvgIpc) is 3.62. The van der Waals surface area contributed by atoms with Gasteiger partial charge in [0.15, 0.2) is 0 Å². The number of anilines is 1. The van der Waals surface area contributed by atoms with Crippen LogP contribution in [0.3, 0.4) is 0 Å². The van der Waals surface area contributed by atoms with Crippen LogP contribution >= 0.6 is 11.6 Å². The molecule has 0 bridgehead atoms. The zero-order valence-corrected chi connectivity index (χ0v) is 24.0. The van der Waals surface area contributed by atoms with Gasteiger partial charge in [0.1, 0.15) is 12.1 Å². The minimum Gasteiger partial charge on any atom is -0.480 e. The molecule has 1 aliphatic carbocycles. The van der Waals surface area contributed by atoms with E-state index in [1.54, 1.807) is 0 Å². The molecule has 0 aromatic heterocycles. The third-order valence-corrected chi connectivity index (χ3v) is 7.38. The first kappa shape index (κ1) is 33.1. The molecular formula is C27H35ClF2N4O8. The van der Waals surface area contributed by atoms with Crippen molar-refractivity contribution in [2.75, 3.05) is 18.5 Å². The highest BCUT2D eigenvalue weighted by Gasteiger charge is 2.50. The van der Waals surface area contributed by atoms with Gasteiger partial charge in [0.2, 0.25) is 18.1 Å². The van der Waals surface area contributed by atoms with E-state index in [-0.39, 0.29) is 34.9 Å². The van der Waals surface area contributed by atoms with Crippen molar-refractivity contribution in [3.05, 3.63) is 28.8 Å². The molecule has 42 heavy (non-hydrogen) atoms. The molecule has 4 unspecified atom stereocenters. The molecule has 4 rings (SSSR count). The lowest BCUT2D eigenvalue weighted by atomic mass is 10.1. The molecule has 2 aliphatic heterocycles. The van der Waals surface area contributed by atoms with Gasteiger partial charge in [-0.2, -0.15) is 0 Å². The maximum Gasteiger partial charge on any atom is 0.326 e. The Labute approximate surface area is 246 Å². The van der Waals surface area contributed by atoms with Gasteiger partial charge in [0, 0.05) is 18.9 Å². The maximum absolute atomic E-state index is 13.5. The number of nitrogens with two attached hydrogens (primary N) is 1. The zero-order valence-electron chi connectivity index (χ0n) is 23.2. The summed E-state index contributed by atoms with van der Waals surface area (Å²) in [6, 6.07) is 0.846. The summed E-state index contributed by atoms with van der Waals surface area (Å²) >= 11 is 5.99. The molecule has 3 amide bonds. The Kier molecular flexibility index (Phi) is 11.2. The van der Waals surface area contributed by atoms with Gasteiger partial charge in [-0.1, -0.05) is 24.4 Å². The molecular weight excluding hydrogens is 582 g/mol. The molecule has 1 aromatic rings. The first-order chi connectivity index (χ1) is 19.7. The molecule has 3 aliphatic rings. The summed E-state index contributed by atoms with van der Waals surface area (Å²) in [6.45, 7) is 2.21. The van der Waals surface area contributed by atoms with Gasteiger partial charge >= 0.3 is 11.9 Å². The Hall–Kier alpha value is -3.36. The number of nitrogens with one attached hydrogen (secondary N) is 2. The van der Waals surface area contributed by atoms with Crippen LogP contribution in [-0.4, -0.2) is 83.2 Å². The number of carbonyl (C=O) groups is 5. The molecule has 0 radical (unpaired) electrons. The molecule has 1 saturated carbocycles. The number of carbonyl (C=O) groups excluding carboxylic acids is 4. The topological polar surface area (TPSA) is 177 Å². The number of cyclic esters (lactones) is 1. The Balaban J connectivity index is 0.000000287. The van der Waals surface area contributed by atoms with Crippen molar-refractivity contribution in [2.24, 2.45) is 11.7 Å². The van der Waals surface area contributed by atoms with Crippen LogP contribution in [0.5, 0.6) is 0 Å². The van der Waals surface area contributed by atoms with Gasteiger partial charge in [-0.25, -0.2) is 13.6 Å². The highest BCUT2D eigenvalue weighted by atomic mass is 35.5. The average molecular weight is 617 g/mol. The number of aliphatic carboxylic acids is 1. The second-order valence-corrected chi connectivity index (χ2v) is 11.1. The fraction of sp³-hybridized carbons (Fsp3) is 0.593. The normalized spacial score (nSPS) is 23.9. The highest BCUT2D eigenvalue weighted by molar-refractivity contribution is 6.34. The number of hydrogen-bond donors (Lipinski definition) is 4. The number of carboxylic acid groups (broad SMARTS) is 1. The van der Waals surface area contributed by atoms with Crippen LogP contribution in [-0.2, 0) is 28.7 Å². The van der Waals surface area contributed by atoms with Crippen LogP contribution in [0.2, 0.25) is 5.02 Å². The third-order valence-electron chi connectivity index (χ3n) is 7.07. The highest BCUT2D eigenvalue weighted by Crippen LogP contribution is 2.32. The Morgan fingerprint density at radius 2 is 1.93 bits per heavy atom. The molecule has 4 atom stereocenters. The van der Waals surface area contributed by atoms with Crippen LogP contribution in [0.4, 0.5) is 14.5 Å². The number of hydrogen-bond acceptors (Lipinski definition) is 8. The third kappa shape index (κ3) is 9.07. The molecule has 12 nitrogen and oxygen atoms in total. The van der Waals surface area contributed by atoms with Crippen molar-refractivity contribution in [3.8, 4) is 0 Å². The summed E-state index contributed by atoms with van der Waals surface area (Å²) in [5.41, 5.74) is 6.04. The summed E-state index contributed by atoms with van der Waals surface area (Å²) in [6.07, 6.45) is 3.87. The molecule has 15 heteroatoms. The lowest BCUT2D eigenvalue weighted by Crippen LogP contribution is -2.50. The van der Waals surface area contributed by atoms with E-state index in [2.05, 4.69) is 10.6 Å². The van der Waals surface area contributed by atoms with Crippen molar-refractivity contribution in [3.63, 3.8) is 0 Å². The van der Waals surface area contributed by atoms with Crippen molar-refractivity contribution in [1.82, 2.24) is 10.2 Å². The molecule has 2 saturated heterocycles. The van der Waals surface area contributed by atoms with Gasteiger partial charge in [-0.05, 0) is 43.9 Å². The molecule has 2 heterocycles. The summed E-state index contributed by atoms with van der Waals surface area (Å²) in [7, 11) is 0. The van der Waals surface area contributed by atoms with E-state index in [1.165, 1.54) is 57.7 Å². The van der Waals surface area contributed by atoms with E-state index in [0.717, 1.165) is 0 Å². The fourth-order valence-corrected chi connectivity index (χ4v) is 5.15. The van der Waals surface area contributed by atoms with E-state index in [0.29, 0.717) is 23.1 Å². The number of benzene rings is 1. The number of alkyl halides is 2. The Bertz CT molecular complexity index is 1200. The Morgan fingerprint density at radius 1 is 1.26 bits per heavy atom. The van der Waals surface area contributed by atoms with Crippen LogP contribution in [0.1, 0.15) is 62.7 Å². The van der Waals surface area contributed by atoms with Gasteiger partial charge in [-0.15, -0.1) is 0 Å². The molecule has 0 spiro atoms. The number of esters is 1. The second kappa shape index (κ2) is 14.2. The summed E-state index contributed by atoms with van der Waals surface area (Å²) in [4.78, 5) is 58.4. The monoisotopic (exact) mass is 616 g/mol. The Morgan fingerprint density at radius 3 is 2.48 bits per heavy atom. The fourth-order valence-electron chi connectivity index (χ4n) is 4.93. The largest absolute Gasteiger partial charge is 0.480 e. The molecule has 5 N–H and O–H groups in total. The number of halogens is 3. The molecule has 1 aromatic carbocycles. The predicted octanol–water partition coefficient (Wildman–Crippen LogP) is 2.53. The zero-order chi connectivity index (χ0) is 31.2. The van der Waals surface area contributed by atoms with Crippen LogP contribution in [0.25, 0.3) is 0 Å². The minimum absolute atomic E-state index is 0.0697. The van der Waals surface area contributed by atoms with Crippen molar-refractivity contribution in [2.45, 2.75) is 82.7 Å². The molecule has 232 valence electrons. The first-order valence-electron chi connectivity index (χ1n) is 13.5. The van der Waals surface area contributed by atoms with Crippen LogP contribution in [0, 0.1) is 5.92 Å². The maximum atomic E-state index is 13.5.